The van der Waals surface area contributed by atoms with Gasteiger partial charge in [0.05, 0.1) is 0 Å². The molecule has 0 bridgehead atoms. The number of rotatable bonds is 1. The van der Waals surface area contributed by atoms with Gasteiger partial charge < -0.3 is 4.42 Å². The molecule has 0 atom stereocenters. The van der Waals surface area contributed by atoms with Crippen LogP contribution in [-0.4, -0.2) is 15.5 Å². The van der Waals surface area contributed by atoms with Crippen molar-refractivity contribution in [3.63, 3.8) is 0 Å². The maximum Gasteiger partial charge on any atom is 0.427 e. The fourth-order valence-corrected chi connectivity index (χ4v) is 2.21. The zero-order valence-electron chi connectivity index (χ0n) is 10.5. The van der Waals surface area contributed by atoms with Crippen LogP contribution < -0.4 is 5.76 Å². The van der Waals surface area contributed by atoms with Crippen LogP contribution in [0, 0.1) is 6.92 Å². The average Bonchev–Trinajstić information content (AvgIpc) is 2.75. The Morgan fingerprint density at radius 2 is 2.15 bits per heavy atom. The number of nitrogens with zero attached hydrogens (tertiary/aromatic N) is 2. The summed E-state index contributed by atoms with van der Waals surface area (Å²) in [7, 11) is 0. The quantitative estimate of drug-likeness (QED) is 0.690. The topological polar surface area (TPSA) is 65.1 Å². The second kappa shape index (κ2) is 4.61. The van der Waals surface area contributed by atoms with Crippen molar-refractivity contribution in [2.75, 3.05) is 0 Å². The van der Waals surface area contributed by atoms with Gasteiger partial charge in [-0.15, -0.1) is 0 Å². The predicted octanol–water partition coefficient (Wildman–Crippen LogP) is 2.64. The van der Waals surface area contributed by atoms with Gasteiger partial charge in [0.15, 0.2) is 5.58 Å². The smallest absolute Gasteiger partial charge is 0.407 e. The van der Waals surface area contributed by atoms with Gasteiger partial charge in [-0.05, 0) is 30.7 Å². The summed E-state index contributed by atoms with van der Waals surface area (Å²) < 4.78 is 6.05. The molecule has 0 unspecified atom stereocenters. The van der Waals surface area contributed by atoms with Gasteiger partial charge in [0, 0.05) is 11.2 Å². The van der Waals surface area contributed by atoms with Gasteiger partial charge in [0.25, 0.3) is 5.91 Å². The highest BCUT2D eigenvalue weighted by Gasteiger charge is 2.20. The van der Waals surface area contributed by atoms with Crippen LogP contribution in [0.15, 0.2) is 45.7 Å². The molecule has 3 rings (SSSR count). The van der Waals surface area contributed by atoms with Crippen LogP contribution >= 0.6 is 11.6 Å². The van der Waals surface area contributed by atoms with E-state index in [9.17, 15) is 9.59 Å². The second-order valence-electron chi connectivity index (χ2n) is 4.29. The van der Waals surface area contributed by atoms with E-state index in [-0.39, 0.29) is 5.69 Å². The summed E-state index contributed by atoms with van der Waals surface area (Å²) in [5.41, 5.74) is 1.67. The third kappa shape index (κ3) is 1.92. The molecule has 0 saturated heterocycles. The van der Waals surface area contributed by atoms with Gasteiger partial charge in [0.1, 0.15) is 11.2 Å². The van der Waals surface area contributed by atoms with Crippen molar-refractivity contribution in [1.82, 2.24) is 9.55 Å². The number of carbonyl (C=O) groups excluding carboxylic acids is 1. The summed E-state index contributed by atoms with van der Waals surface area (Å²) in [6, 6.07) is 8.16. The van der Waals surface area contributed by atoms with Crippen molar-refractivity contribution >= 4 is 28.6 Å². The van der Waals surface area contributed by atoms with Crippen LogP contribution in [0.25, 0.3) is 11.1 Å². The molecule has 0 amide bonds. The Bertz CT molecular complexity index is 880. The molecule has 0 aliphatic rings. The molecule has 0 fully saturated rings. The van der Waals surface area contributed by atoms with Crippen molar-refractivity contribution in [1.29, 1.82) is 0 Å². The maximum atomic E-state index is 12.4. The lowest BCUT2D eigenvalue weighted by molar-refractivity contribution is 0.0951. The van der Waals surface area contributed by atoms with E-state index in [1.165, 1.54) is 12.3 Å². The van der Waals surface area contributed by atoms with Gasteiger partial charge in [0.2, 0.25) is 0 Å². The summed E-state index contributed by atoms with van der Waals surface area (Å²) in [4.78, 5) is 28.3. The van der Waals surface area contributed by atoms with Crippen molar-refractivity contribution in [2.24, 2.45) is 0 Å². The summed E-state index contributed by atoms with van der Waals surface area (Å²) in [6.07, 6.45) is 1.41. The van der Waals surface area contributed by atoms with Gasteiger partial charge in [-0.25, -0.2) is 9.36 Å². The molecule has 0 spiro atoms. The first kappa shape index (κ1) is 12.6. The lowest BCUT2D eigenvalue weighted by atomic mass is 10.2. The van der Waals surface area contributed by atoms with E-state index in [0.717, 1.165) is 10.1 Å². The van der Waals surface area contributed by atoms with Gasteiger partial charge in [-0.1, -0.05) is 23.7 Å². The van der Waals surface area contributed by atoms with Gasteiger partial charge in [-0.3, -0.25) is 9.78 Å². The molecule has 20 heavy (non-hydrogen) atoms. The van der Waals surface area contributed by atoms with Crippen LogP contribution in [-0.2, 0) is 0 Å². The Morgan fingerprint density at radius 1 is 1.35 bits per heavy atom. The van der Waals surface area contributed by atoms with Crippen LogP contribution in [0.1, 0.15) is 16.1 Å². The Labute approximate surface area is 118 Å². The minimum atomic E-state index is -0.735. The van der Waals surface area contributed by atoms with Crippen LogP contribution in [0.5, 0.6) is 0 Å². The number of fused-ring (bicyclic) bond motifs is 1. The second-order valence-corrected chi connectivity index (χ2v) is 4.73. The van der Waals surface area contributed by atoms with E-state index in [0.29, 0.717) is 16.1 Å². The number of pyridine rings is 1. The minimum Gasteiger partial charge on any atom is -0.407 e. The molecule has 6 heteroatoms. The molecule has 100 valence electrons. The number of halogens is 1. The lowest BCUT2D eigenvalue weighted by Gasteiger charge is -2.02. The van der Waals surface area contributed by atoms with E-state index in [4.69, 9.17) is 16.0 Å². The molecule has 0 aliphatic heterocycles. The molecule has 0 radical (unpaired) electrons. The lowest BCUT2D eigenvalue weighted by Crippen LogP contribution is -2.24. The molecule has 2 aromatic heterocycles. The van der Waals surface area contributed by atoms with Crippen molar-refractivity contribution in [2.45, 2.75) is 6.92 Å². The highest BCUT2D eigenvalue weighted by molar-refractivity contribution is 6.30. The van der Waals surface area contributed by atoms with Crippen LogP contribution in [0.4, 0.5) is 0 Å². The minimum absolute atomic E-state index is 0.0885. The van der Waals surface area contributed by atoms with E-state index >= 15 is 0 Å². The number of aryl methyl sites for hydroxylation is 1. The first-order chi connectivity index (χ1) is 9.58. The Morgan fingerprint density at radius 3 is 2.90 bits per heavy atom. The van der Waals surface area contributed by atoms with E-state index in [2.05, 4.69) is 4.98 Å². The number of aromatic nitrogens is 2. The molecule has 0 aliphatic carbocycles. The zero-order chi connectivity index (χ0) is 14.3. The first-order valence-corrected chi connectivity index (χ1v) is 6.23. The van der Waals surface area contributed by atoms with Crippen molar-refractivity contribution in [3.8, 4) is 0 Å². The third-order valence-electron chi connectivity index (χ3n) is 2.95. The summed E-state index contributed by atoms with van der Waals surface area (Å²) >= 11 is 5.84. The average molecular weight is 289 g/mol. The molecule has 1 aromatic carbocycles. The summed E-state index contributed by atoms with van der Waals surface area (Å²) in [5.74, 6) is -1.30. The summed E-state index contributed by atoms with van der Waals surface area (Å²) in [6.45, 7) is 1.80. The Kier molecular flexibility index (Phi) is 2.91. The SMILES string of the molecule is Cc1cccc2oc(=O)n(C(=O)c3cc(Cl)ccn3)c12. The highest BCUT2D eigenvalue weighted by Crippen LogP contribution is 2.18. The largest absolute Gasteiger partial charge is 0.427 e. The molecule has 5 nitrogen and oxygen atoms in total. The number of carbonyl (C=O) groups is 1. The van der Waals surface area contributed by atoms with Crippen molar-refractivity contribution in [3.05, 3.63) is 63.4 Å². The zero-order valence-corrected chi connectivity index (χ0v) is 11.2. The Balaban J connectivity index is 2.27. The van der Waals surface area contributed by atoms with Gasteiger partial charge in [-0.2, -0.15) is 0 Å². The molecular formula is C14H9ClN2O3. The number of para-hydroxylation sites is 1. The molecule has 2 heterocycles. The normalized spacial score (nSPS) is 10.9. The van der Waals surface area contributed by atoms with Crippen LogP contribution in [0.2, 0.25) is 5.02 Å². The fraction of sp³-hybridized carbons (Fsp3) is 0.0714. The molecule has 0 saturated carbocycles. The Hall–Kier alpha value is -2.40. The summed E-state index contributed by atoms with van der Waals surface area (Å²) in [5, 5.41) is 0.376. The van der Waals surface area contributed by atoms with Crippen molar-refractivity contribution < 1.29 is 9.21 Å². The molecule has 0 N–H and O–H groups in total. The standard InChI is InChI=1S/C14H9ClN2O3/c1-8-3-2-4-11-12(8)17(14(19)20-11)13(18)10-7-9(15)5-6-16-10/h2-7H,1H3. The predicted molar refractivity (Wildman–Crippen MR) is 74.2 cm³/mol. The maximum absolute atomic E-state index is 12.4. The van der Waals surface area contributed by atoms with E-state index < -0.39 is 11.7 Å². The first-order valence-electron chi connectivity index (χ1n) is 5.85. The third-order valence-corrected chi connectivity index (χ3v) is 3.18. The number of hydrogen-bond acceptors (Lipinski definition) is 4. The number of hydrogen-bond donors (Lipinski definition) is 0. The molecular weight excluding hydrogens is 280 g/mol. The highest BCUT2D eigenvalue weighted by atomic mass is 35.5. The number of benzene rings is 1. The van der Waals surface area contributed by atoms with Crippen LogP contribution in [0.3, 0.4) is 0 Å². The van der Waals surface area contributed by atoms with E-state index in [1.807, 2.05) is 0 Å². The number of oxazole rings is 1. The monoisotopic (exact) mass is 288 g/mol. The van der Waals surface area contributed by atoms with Gasteiger partial charge >= 0.3 is 5.76 Å². The fourth-order valence-electron chi connectivity index (χ4n) is 2.05. The molecule has 3 aromatic rings. The van der Waals surface area contributed by atoms with E-state index in [1.54, 1.807) is 31.2 Å².